The first kappa shape index (κ1) is 14.0. The lowest BCUT2D eigenvalue weighted by molar-refractivity contribution is -0.157. The van der Waals surface area contributed by atoms with E-state index in [-0.39, 0.29) is 17.9 Å². The van der Waals surface area contributed by atoms with Gasteiger partial charge in [-0.15, -0.1) is 0 Å². The highest BCUT2D eigenvalue weighted by Crippen LogP contribution is 2.37. The predicted octanol–water partition coefficient (Wildman–Crippen LogP) is 1.80. The summed E-state index contributed by atoms with van der Waals surface area (Å²) in [5, 5.41) is 2.98. The van der Waals surface area contributed by atoms with Crippen LogP contribution in [0.3, 0.4) is 0 Å². The minimum atomic E-state index is -0.674. The monoisotopic (exact) mass is 287 g/mol. The molecule has 2 amide bonds. The molecule has 5 heteroatoms. The minimum Gasteiger partial charge on any atom is -0.340 e. The Bertz CT molecular complexity index is 552. The van der Waals surface area contributed by atoms with Crippen LogP contribution in [0, 0.1) is 0 Å². The van der Waals surface area contributed by atoms with Gasteiger partial charge >= 0.3 is 0 Å². The number of pyridine rings is 1. The lowest BCUT2D eigenvalue weighted by atomic mass is 9.89. The van der Waals surface area contributed by atoms with E-state index in [4.69, 9.17) is 0 Å². The lowest BCUT2D eigenvalue weighted by Crippen LogP contribution is -2.69. The summed E-state index contributed by atoms with van der Waals surface area (Å²) in [5.41, 5.74) is 0.146. The molecular weight excluding hydrogens is 266 g/mol. The number of nitrogens with zero attached hydrogens (tertiary/aromatic N) is 2. The number of nitrogens with one attached hydrogen (secondary N) is 1. The van der Waals surface area contributed by atoms with Gasteiger partial charge in [-0.05, 0) is 38.8 Å². The first-order valence-electron chi connectivity index (χ1n) is 7.61. The topological polar surface area (TPSA) is 62.3 Å². The molecule has 5 nitrogen and oxygen atoms in total. The number of piperazine rings is 1. The van der Waals surface area contributed by atoms with Gasteiger partial charge in [-0.25, -0.2) is 0 Å². The second kappa shape index (κ2) is 5.13. The third kappa shape index (κ3) is 2.20. The number of rotatable bonds is 2. The van der Waals surface area contributed by atoms with Crippen molar-refractivity contribution < 1.29 is 9.59 Å². The van der Waals surface area contributed by atoms with Crippen LogP contribution in [0.15, 0.2) is 24.4 Å². The Morgan fingerprint density at radius 1 is 1.33 bits per heavy atom. The molecule has 1 aliphatic carbocycles. The lowest BCUT2D eigenvalue weighted by Gasteiger charge is -2.45. The Labute approximate surface area is 124 Å². The molecule has 2 atom stereocenters. The van der Waals surface area contributed by atoms with E-state index in [1.807, 2.05) is 25.1 Å². The predicted molar refractivity (Wildman–Crippen MR) is 78.3 cm³/mol. The van der Waals surface area contributed by atoms with Crippen molar-refractivity contribution in [2.24, 2.45) is 0 Å². The van der Waals surface area contributed by atoms with Crippen LogP contribution in [0.5, 0.6) is 0 Å². The van der Waals surface area contributed by atoms with Crippen LogP contribution in [0.25, 0.3) is 0 Å². The summed E-state index contributed by atoms with van der Waals surface area (Å²) in [7, 11) is 0. The highest BCUT2D eigenvalue weighted by atomic mass is 16.2. The Morgan fingerprint density at radius 2 is 2.05 bits per heavy atom. The van der Waals surface area contributed by atoms with Crippen LogP contribution in [0.1, 0.15) is 51.3 Å². The highest BCUT2D eigenvalue weighted by Gasteiger charge is 2.52. The van der Waals surface area contributed by atoms with Gasteiger partial charge in [0.2, 0.25) is 11.8 Å². The van der Waals surface area contributed by atoms with Crippen LogP contribution >= 0.6 is 0 Å². The van der Waals surface area contributed by atoms with Crippen molar-refractivity contribution in [1.82, 2.24) is 15.2 Å². The molecule has 1 N–H and O–H groups in total. The molecule has 2 heterocycles. The number of hydrogen-bond donors (Lipinski definition) is 1. The fraction of sp³-hybridized carbons (Fsp3) is 0.562. The van der Waals surface area contributed by atoms with Crippen LogP contribution in [-0.2, 0) is 9.59 Å². The maximum Gasteiger partial charge on any atom is 0.249 e. The molecule has 1 saturated carbocycles. The molecule has 21 heavy (non-hydrogen) atoms. The van der Waals surface area contributed by atoms with Crippen molar-refractivity contribution in [2.45, 2.75) is 57.2 Å². The highest BCUT2D eigenvalue weighted by molar-refractivity contribution is 6.00. The van der Waals surface area contributed by atoms with Gasteiger partial charge in [0.1, 0.15) is 11.6 Å². The third-order valence-corrected chi connectivity index (χ3v) is 4.79. The number of carbonyl (C=O) groups excluding carboxylic acids is 2. The Kier molecular flexibility index (Phi) is 3.43. The second-order valence-electron chi connectivity index (χ2n) is 6.10. The van der Waals surface area contributed by atoms with E-state index in [0.717, 1.165) is 31.4 Å². The zero-order valence-electron chi connectivity index (χ0n) is 12.5. The van der Waals surface area contributed by atoms with E-state index in [0.29, 0.717) is 0 Å². The van der Waals surface area contributed by atoms with Crippen molar-refractivity contribution in [3.8, 4) is 0 Å². The summed E-state index contributed by atoms with van der Waals surface area (Å²) >= 11 is 0. The van der Waals surface area contributed by atoms with Crippen molar-refractivity contribution in [1.29, 1.82) is 0 Å². The molecule has 2 fully saturated rings. The number of aromatic nitrogens is 1. The van der Waals surface area contributed by atoms with Crippen molar-refractivity contribution in [2.75, 3.05) is 0 Å². The smallest absolute Gasteiger partial charge is 0.249 e. The standard InChI is InChI=1S/C16H21N3O2/c1-11(13-7-3-6-10-17-13)19-12(2)14(20)18-16(15(19)21)8-4-5-9-16/h3,6-7,10-12H,4-5,8-9H2,1-2H3,(H,18,20). The van der Waals surface area contributed by atoms with Gasteiger partial charge in [0, 0.05) is 6.20 Å². The van der Waals surface area contributed by atoms with E-state index in [1.54, 1.807) is 18.0 Å². The quantitative estimate of drug-likeness (QED) is 0.902. The first-order chi connectivity index (χ1) is 10.1. The maximum atomic E-state index is 13.0. The Balaban J connectivity index is 1.95. The molecule has 3 rings (SSSR count). The fourth-order valence-electron chi connectivity index (χ4n) is 3.54. The molecule has 1 saturated heterocycles. The van der Waals surface area contributed by atoms with Crippen LogP contribution in [-0.4, -0.2) is 33.3 Å². The Morgan fingerprint density at radius 3 is 2.67 bits per heavy atom. The SMILES string of the molecule is CC1C(=O)NC2(CCCC2)C(=O)N1C(C)c1ccccn1. The zero-order valence-corrected chi connectivity index (χ0v) is 12.5. The fourth-order valence-corrected chi connectivity index (χ4v) is 3.54. The number of amides is 2. The van der Waals surface area contributed by atoms with Gasteiger partial charge in [-0.2, -0.15) is 0 Å². The molecule has 1 aromatic heterocycles. The van der Waals surface area contributed by atoms with Crippen molar-refractivity contribution in [3.05, 3.63) is 30.1 Å². The van der Waals surface area contributed by atoms with Gasteiger partial charge in [0.15, 0.2) is 0 Å². The van der Waals surface area contributed by atoms with Gasteiger partial charge in [-0.1, -0.05) is 18.9 Å². The molecule has 0 radical (unpaired) electrons. The Hall–Kier alpha value is -1.91. The van der Waals surface area contributed by atoms with E-state index in [9.17, 15) is 9.59 Å². The van der Waals surface area contributed by atoms with Crippen molar-refractivity contribution in [3.63, 3.8) is 0 Å². The summed E-state index contributed by atoms with van der Waals surface area (Å²) < 4.78 is 0. The second-order valence-corrected chi connectivity index (χ2v) is 6.10. The van der Waals surface area contributed by atoms with Crippen LogP contribution in [0.2, 0.25) is 0 Å². The third-order valence-electron chi connectivity index (χ3n) is 4.79. The average molecular weight is 287 g/mol. The summed E-state index contributed by atoms with van der Waals surface area (Å²) in [6.45, 7) is 3.73. The van der Waals surface area contributed by atoms with Gasteiger partial charge < -0.3 is 10.2 Å². The van der Waals surface area contributed by atoms with E-state index < -0.39 is 11.6 Å². The molecule has 1 spiro atoms. The molecule has 2 unspecified atom stereocenters. The van der Waals surface area contributed by atoms with Gasteiger partial charge in [0.05, 0.1) is 11.7 Å². The summed E-state index contributed by atoms with van der Waals surface area (Å²) in [4.78, 5) is 31.4. The number of hydrogen-bond acceptors (Lipinski definition) is 3. The molecular formula is C16H21N3O2. The summed E-state index contributed by atoms with van der Waals surface area (Å²) in [5.74, 6) is -0.00969. The van der Waals surface area contributed by atoms with Crippen LogP contribution < -0.4 is 5.32 Å². The zero-order chi connectivity index (χ0) is 15.0. The van der Waals surface area contributed by atoms with Gasteiger partial charge in [-0.3, -0.25) is 14.6 Å². The molecule has 1 aliphatic heterocycles. The molecule has 0 bridgehead atoms. The summed E-state index contributed by atoms with van der Waals surface area (Å²) in [6, 6.07) is 5.00. The molecule has 1 aromatic rings. The van der Waals surface area contributed by atoms with Crippen molar-refractivity contribution >= 4 is 11.8 Å². The molecule has 0 aromatic carbocycles. The first-order valence-corrected chi connectivity index (χ1v) is 7.61. The largest absolute Gasteiger partial charge is 0.340 e. The van der Waals surface area contributed by atoms with Crippen LogP contribution in [0.4, 0.5) is 0 Å². The summed E-state index contributed by atoms with van der Waals surface area (Å²) in [6.07, 6.45) is 5.19. The van der Waals surface area contributed by atoms with E-state index in [2.05, 4.69) is 10.3 Å². The molecule has 2 aliphatic rings. The normalized spacial score (nSPS) is 26.0. The van der Waals surface area contributed by atoms with E-state index in [1.165, 1.54) is 0 Å². The minimum absolute atomic E-state index is 0.0465. The maximum absolute atomic E-state index is 13.0. The average Bonchev–Trinajstić information content (AvgIpc) is 2.96. The van der Waals surface area contributed by atoms with Gasteiger partial charge in [0.25, 0.3) is 0 Å². The molecule has 112 valence electrons. The number of carbonyl (C=O) groups is 2. The van der Waals surface area contributed by atoms with E-state index >= 15 is 0 Å².